The normalized spacial score (nSPS) is 19.3. The van der Waals surface area contributed by atoms with Gasteiger partial charge in [0.05, 0.1) is 15.6 Å². The molecular formula is C14H19Cl2NO. The number of hydrogen-bond donors (Lipinski definition) is 1. The van der Waals surface area contributed by atoms with Gasteiger partial charge in [-0.25, -0.2) is 0 Å². The minimum absolute atomic E-state index is 0.0234. The zero-order valence-corrected chi connectivity index (χ0v) is 12.1. The lowest BCUT2D eigenvalue weighted by Gasteiger charge is -2.42. The number of halogens is 2. The number of nitrogens with two attached hydrogens (primary N) is 1. The van der Waals surface area contributed by atoms with Crippen LogP contribution in [0.3, 0.4) is 0 Å². The fraction of sp³-hybridized carbons (Fsp3) is 0.571. The summed E-state index contributed by atoms with van der Waals surface area (Å²) >= 11 is 11.9. The van der Waals surface area contributed by atoms with Gasteiger partial charge in [0.2, 0.25) is 0 Å². The Labute approximate surface area is 118 Å². The molecule has 0 heterocycles. The lowest BCUT2D eigenvalue weighted by Crippen LogP contribution is -2.44. The summed E-state index contributed by atoms with van der Waals surface area (Å²) in [5.74, 6) is 0. The monoisotopic (exact) mass is 287 g/mol. The van der Waals surface area contributed by atoms with E-state index in [4.69, 9.17) is 33.7 Å². The molecule has 1 fully saturated rings. The summed E-state index contributed by atoms with van der Waals surface area (Å²) in [7, 11) is 1.78. The molecule has 0 saturated heterocycles. The molecule has 1 aromatic rings. The molecule has 100 valence electrons. The third kappa shape index (κ3) is 3.18. The van der Waals surface area contributed by atoms with E-state index in [1.54, 1.807) is 7.11 Å². The Morgan fingerprint density at radius 1 is 1.33 bits per heavy atom. The number of rotatable bonds is 5. The van der Waals surface area contributed by atoms with Gasteiger partial charge in [-0.05, 0) is 49.8 Å². The first kappa shape index (κ1) is 14.1. The van der Waals surface area contributed by atoms with Gasteiger partial charge in [0.1, 0.15) is 0 Å². The Kier molecular flexibility index (Phi) is 4.54. The SMILES string of the molecule is COC1(CC(N)Cc2ccc(Cl)c(Cl)c2)CCC1. The maximum absolute atomic E-state index is 6.21. The van der Waals surface area contributed by atoms with Crippen LogP contribution in [0.25, 0.3) is 0 Å². The minimum atomic E-state index is 0.0234. The Hall–Kier alpha value is -0.280. The molecule has 2 nitrogen and oxygen atoms in total. The van der Waals surface area contributed by atoms with Crippen LogP contribution in [-0.2, 0) is 11.2 Å². The number of ether oxygens (including phenoxy) is 1. The highest BCUT2D eigenvalue weighted by Crippen LogP contribution is 2.39. The van der Waals surface area contributed by atoms with Crippen molar-refractivity contribution in [3.8, 4) is 0 Å². The average molecular weight is 288 g/mol. The first-order chi connectivity index (χ1) is 8.54. The molecule has 1 atom stereocenters. The standard InChI is InChI=1S/C14H19Cl2NO/c1-18-14(5-2-6-14)9-11(17)7-10-3-4-12(15)13(16)8-10/h3-4,8,11H,2,5-7,9,17H2,1H3. The summed E-state index contributed by atoms with van der Waals surface area (Å²) in [6.07, 6.45) is 5.20. The van der Waals surface area contributed by atoms with Gasteiger partial charge in [-0.2, -0.15) is 0 Å². The fourth-order valence-electron chi connectivity index (χ4n) is 2.58. The molecule has 0 spiro atoms. The van der Waals surface area contributed by atoms with Crippen molar-refractivity contribution in [2.75, 3.05) is 7.11 Å². The molecule has 2 N–H and O–H groups in total. The second-order valence-corrected chi connectivity index (χ2v) is 5.97. The van der Waals surface area contributed by atoms with Crippen LogP contribution < -0.4 is 5.73 Å². The molecule has 1 unspecified atom stereocenters. The molecule has 4 heteroatoms. The van der Waals surface area contributed by atoms with Crippen molar-refractivity contribution >= 4 is 23.2 Å². The molecule has 1 aliphatic carbocycles. The first-order valence-electron chi connectivity index (χ1n) is 6.29. The average Bonchev–Trinajstić information content (AvgIpc) is 2.29. The largest absolute Gasteiger partial charge is 0.378 e. The van der Waals surface area contributed by atoms with Gasteiger partial charge in [0, 0.05) is 13.2 Å². The highest BCUT2D eigenvalue weighted by Gasteiger charge is 2.38. The zero-order valence-electron chi connectivity index (χ0n) is 10.6. The van der Waals surface area contributed by atoms with Gasteiger partial charge < -0.3 is 10.5 Å². The van der Waals surface area contributed by atoms with Crippen molar-refractivity contribution in [3.63, 3.8) is 0 Å². The highest BCUT2D eigenvalue weighted by atomic mass is 35.5. The number of methoxy groups -OCH3 is 1. The molecule has 1 saturated carbocycles. The van der Waals surface area contributed by atoms with Crippen molar-refractivity contribution in [1.29, 1.82) is 0 Å². The summed E-state index contributed by atoms with van der Waals surface area (Å²) in [5, 5.41) is 1.17. The minimum Gasteiger partial charge on any atom is -0.378 e. The van der Waals surface area contributed by atoms with E-state index in [-0.39, 0.29) is 11.6 Å². The van der Waals surface area contributed by atoms with Crippen LogP contribution in [0.4, 0.5) is 0 Å². The van der Waals surface area contributed by atoms with Crippen LogP contribution in [0.2, 0.25) is 10.0 Å². The Morgan fingerprint density at radius 3 is 2.56 bits per heavy atom. The molecule has 2 rings (SSSR count). The first-order valence-corrected chi connectivity index (χ1v) is 7.05. The molecule has 0 aliphatic heterocycles. The van der Waals surface area contributed by atoms with Crippen LogP contribution in [0.1, 0.15) is 31.2 Å². The maximum Gasteiger partial charge on any atom is 0.0693 e. The van der Waals surface area contributed by atoms with Gasteiger partial charge in [-0.1, -0.05) is 29.3 Å². The van der Waals surface area contributed by atoms with Gasteiger partial charge in [0.25, 0.3) is 0 Å². The van der Waals surface area contributed by atoms with E-state index in [9.17, 15) is 0 Å². The van der Waals surface area contributed by atoms with Crippen molar-refractivity contribution in [2.24, 2.45) is 5.73 Å². The van der Waals surface area contributed by atoms with Gasteiger partial charge in [-0.15, -0.1) is 0 Å². The van der Waals surface area contributed by atoms with E-state index in [2.05, 4.69) is 0 Å². The molecule has 0 aromatic heterocycles. The van der Waals surface area contributed by atoms with Gasteiger partial charge in [0.15, 0.2) is 0 Å². The Morgan fingerprint density at radius 2 is 2.06 bits per heavy atom. The van der Waals surface area contributed by atoms with E-state index in [1.165, 1.54) is 6.42 Å². The highest BCUT2D eigenvalue weighted by molar-refractivity contribution is 6.42. The summed E-state index contributed by atoms with van der Waals surface area (Å²) in [6, 6.07) is 5.79. The van der Waals surface area contributed by atoms with Crippen LogP contribution >= 0.6 is 23.2 Å². The second kappa shape index (κ2) is 5.79. The molecule has 0 bridgehead atoms. The topological polar surface area (TPSA) is 35.2 Å². The smallest absolute Gasteiger partial charge is 0.0693 e. The van der Waals surface area contributed by atoms with Crippen LogP contribution in [-0.4, -0.2) is 18.8 Å². The summed E-state index contributed by atoms with van der Waals surface area (Å²) in [4.78, 5) is 0. The lowest BCUT2D eigenvalue weighted by atomic mass is 9.75. The third-order valence-corrected chi connectivity index (χ3v) is 4.55. The van der Waals surface area contributed by atoms with Crippen molar-refractivity contribution in [1.82, 2.24) is 0 Å². The van der Waals surface area contributed by atoms with Crippen molar-refractivity contribution < 1.29 is 4.74 Å². The Bertz CT molecular complexity index is 413. The Balaban J connectivity index is 1.94. The third-order valence-electron chi connectivity index (χ3n) is 3.81. The van der Waals surface area contributed by atoms with Crippen LogP contribution in [0, 0.1) is 0 Å². The van der Waals surface area contributed by atoms with Crippen molar-refractivity contribution in [3.05, 3.63) is 33.8 Å². The quantitative estimate of drug-likeness (QED) is 0.894. The van der Waals surface area contributed by atoms with E-state index >= 15 is 0 Å². The molecule has 18 heavy (non-hydrogen) atoms. The summed E-state index contributed by atoms with van der Waals surface area (Å²) in [5.41, 5.74) is 7.36. The molecular weight excluding hydrogens is 269 g/mol. The molecule has 0 radical (unpaired) electrons. The zero-order chi connectivity index (χ0) is 13.2. The van der Waals surface area contributed by atoms with E-state index in [0.717, 1.165) is 31.2 Å². The predicted molar refractivity (Wildman–Crippen MR) is 76.3 cm³/mol. The maximum atomic E-state index is 6.21. The van der Waals surface area contributed by atoms with Crippen molar-refractivity contribution in [2.45, 2.75) is 43.7 Å². The fourth-order valence-corrected chi connectivity index (χ4v) is 2.90. The summed E-state index contributed by atoms with van der Waals surface area (Å²) < 4.78 is 5.60. The van der Waals surface area contributed by atoms with Gasteiger partial charge >= 0.3 is 0 Å². The van der Waals surface area contributed by atoms with E-state index < -0.39 is 0 Å². The molecule has 1 aromatic carbocycles. The predicted octanol–water partition coefficient (Wildman–Crippen LogP) is 3.82. The van der Waals surface area contributed by atoms with E-state index in [1.807, 2.05) is 18.2 Å². The van der Waals surface area contributed by atoms with E-state index in [0.29, 0.717) is 10.0 Å². The number of hydrogen-bond acceptors (Lipinski definition) is 2. The molecule has 0 amide bonds. The number of benzene rings is 1. The van der Waals surface area contributed by atoms with Crippen LogP contribution in [0.5, 0.6) is 0 Å². The molecule has 1 aliphatic rings. The second-order valence-electron chi connectivity index (χ2n) is 5.16. The van der Waals surface area contributed by atoms with Crippen LogP contribution in [0.15, 0.2) is 18.2 Å². The lowest BCUT2D eigenvalue weighted by molar-refractivity contribution is -0.0813. The van der Waals surface area contributed by atoms with Gasteiger partial charge in [-0.3, -0.25) is 0 Å². The summed E-state index contributed by atoms with van der Waals surface area (Å²) in [6.45, 7) is 0.